The Morgan fingerprint density at radius 1 is 1.33 bits per heavy atom. The Morgan fingerprint density at radius 2 is 2.05 bits per heavy atom. The van der Waals surface area contributed by atoms with Crippen molar-refractivity contribution < 1.29 is 4.79 Å². The molecule has 1 aliphatic heterocycles. The molecule has 1 heterocycles. The molecule has 0 saturated carbocycles. The minimum atomic E-state index is 0.144. The summed E-state index contributed by atoms with van der Waals surface area (Å²) in [6, 6.07) is 8.60. The van der Waals surface area contributed by atoms with Gasteiger partial charge in [0.15, 0.2) is 0 Å². The van der Waals surface area contributed by atoms with Gasteiger partial charge in [-0.1, -0.05) is 12.1 Å². The van der Waals surface area contributed by atoms with Crippen LogP contribution in [0.2, 0.25) is 0 Å². The standard InChI is InChI=1S/C17H27N3O/c1-13(2)18-16-10-6-5-9-15(16)17(21)20-11-7-8-14(12-20)19(3)4/h5-6,9-10,13-14,18H,7-8,11-12H2,1-4H3. The van der Waals surface area contributed by atoms with Crippen LogP contribution in [0.4, 0.5) is 5.69 Å². The van der Waals surface area contributed by atoms with Crippen molar-refractivity contribution in [3.8, 4) is 0 Å². The zero-order valence-electron chi connectivity index (χ0n) is 13.6. The molecule has 1 aliphatic rings. The van der Waals surface area contributed by atoms with Gasteiger partial charge in [0.1, 0.15) is 0 Å². The number of likely N-dealkylation sites (N-methyl/N-ethyl adjacent to an activating group) is 1. The number of benzene rings is 1. The normalized spacial score (nSPS) is 19.1. The number of carbonyl (C=O) groups is 1. The molecule has 1 fully saturated rings. The zero-order valence-corrected chi connectivity index (χ0v) is 13.6. The summed E-state index contributed by atoms with van der Waals surface area (Å²) < 4.78 is 0. The van der Waals surface area contributed by atoms with Crippen LogP contribution in [0.15, 0.2) is 24.3 Å². The average molecular weight is 289 g/mol. The molecule has 1 aromatic rings. The molecule has 2 rings (SSSR count). The Kier molecular flexibility index (Phi) is 5.23. The monoisotopic (exact) mass is 289 g/mol. The first-order chi connectivity index (χ1) is 9.99. The summed E-state index contributed by atoms with van der Waals surface area (Å²) in [6.07, 6.45) is 2.25. The molecule has 0 radical (unpaired) electrons. The molecular weight excluding hydrogens is 262 g/mol. The number of amides is 1. The molecule has 0 spiro atoms. The maximum atomic E-state index is 12.8. The van der Waals surface area contributed by atoms with Gasteiger partial charge in [0.05, 0.1) is 5.56 Å². The van der Waals surface area contributed by atoms with Crippen LogP contribution in [0, 0.1) is 0 Å². The maximum absolute atomic E-state index is 12.8. The quantitative estimate of drug-likeness (QED) is 0.925. The van der Waals surface area contributed by atoms with Crippen LogP contribution < -0.4 is 5.32 Å². The van der Waals surface area contributed by atoms with Gasteiger partial charge >= 0.3 is 0 Å². The lowest BCUT2D eigenvalue weighted by Crippen LogP contribution is -2.47. The summed E-state index contributed by atoms with van der Waals surface area (Å²) in [6.45, 7) is 5.86. The molecule has 21 heavy (non-hydrogen) atoms. The molecule has 1 atom stereocenters. The smallest absolute Gasteiger partial charge is 0.256 e. The largest absolute Gasteiger partial charge is 0.382 e. The summed E-state index contributed by atoms with van der Waals surface area (Å²) in [7, 11) is 4.18. The van der Waals surface area contributed by atoms with Crippen molar-refractivity contribution >= 4 is 11.6 Å². The fourth-order valence-corrected chi connectivity index (χ4v) is 2.84. The number of piperidine rings is 1. The van der Waals surface area contributed by atoms with E-state index in [0.29, 0.717) is 12.1 Å². The first-order valence-electron chi connectivity index (χ1n) is 7.80. The van der Waals surface area contributed by atoms with E-state index in [-0.39, 0.29) is 5.91 Å². The summed E-state index contributed by atoms with van der Waals surface area (Å²) >= 11 is 0. The van der Waals surface area contributed by atoms with Crippen LogP contribution in [0.3, 0.4) is 0 Å². The van der Waals surface area contributed by atoms with Crippen LogP contribution >= 0.6 is 0 Å². The van der Waals surface area contributed by atoms with E-state index in [1.165, 1.54) is 6.42 Å². The lowest BCUT2D eigenvalue weighted by atomic mass is 10.0. The molecule has 0 bridgehead atoms. The summed E-state index contributed by atoms with van der Waals surface area (Å²) in [4.78, 5) is 17.1. The highest BCUT2D eigenvalue weighted by atomic mass is 16.2. The Hall–Kier alpha value is -1.55. The van der Waals surface area contributed by atoms with Crippen LogP contribution in [0.5, 0.6) is 0 Å². The van der Waals surface area contributed by atoms with Crippen molar-refractivity contribution in [1.29, 1.82) is 0 Å². The second-order valence-corrected chi connectivity index (χ2v) is 6.36. The van der Waals surface area contributed by atoms with Gasteiger partial charge in [-0.2, -0.15) is 0 Å². The Bertz CT molecular complexity index is 485. The lowest BCUT2D eigenvalue weighted by Gasteiger charge is -2.36. The number of para-hydroxylation sites is 1. The van der Waals surface area contributed by atoms with Crippen LogP contribution in [0.25, 0.3) is 0 Å². The molecule has 4 heteroatoms. The van der Waals surface area contributed by atoms with E-state index in [2.05, 4.69) is 38.2 Å². The number of nitrogens with zero attached hydrogens (tertiary/aromatic N) is 2. The number of nitrogens with one attached hydrogen (secondary N) is 1. The average Bonchev–Trinajstić information content (AvgIpc) is 2.46. The first kappa shape index (κ1) is 15.8. The van der Waals surface area contributed by atoms with E-state index in [1.807, 2.05) is 29.2 Å². The van der Waals surface area contributed by atoms with Crippen molar-refractivity contribution in [3.63, 3.8) is 0 Å². The molecule has 1 amide bonds. The second-order valence-electron chi connectivity index (χ2n) is 6.36. The van der Waals surface area contributed by atoms with Gasteiger partial charge in [-0.3, -0.25) is 4.79 Å². The molecular formula is C17H27N3O. The second kappa shape index (κ2) is 6.94. The van der Waals surface area contributed by atoms with Crippen molar-refractivity contribution in [2.24, 2.45) is 0 Å². The van der Waals surface area contributed by atoms with E-state index in [9.17, 15) is 4.79 Å². The number of likely N-dealkylation sites (tertiary alicyclic amines) is 1. The van der Waals surface area contributed by atoms with Gasteiger partial charge in [-0.25, -0.2) is 0 Å². The third-order valence-electron chi connectivity index (χ3n) is 4.02. The number of carbonyl (C=O) groups excluding carboxylic acids is 1. The van der Waals surface area contributed by atoms with E-state index in [0.717, 1.165) is 30.8 Å². The minimum absolute atomic E-state index is 0.144. The van der Waals surface area contributed by atoms with Gasteiger partial charge in [0.25, 0.3) is 5.91 Å². The van der Waals surface area contributed by atoms with Gasteiger partial charge < -0.3 is 15.1 Å². The van der Waals surface area contributed by atoms with E-state index in [4.69, 9.17) is 0 Å². The number of rotatable bonds is 4. The number of hydrogen-bond donors (Lipinski definition) is 1. The number of hydrogen-bond acceptors (Lipinski definition) is 3. The van der Waals surface area contributed by atoms with Crippen molar-refractivity contribution in [1.82, 2.24) is 9.80 Å². The predicted octanol–water partition coefficient (Wildman–Crippen LogP) is 2.67. The lowest BCUT2D eigenvalue weighted by molar-refractivity contribution is 0.0636. The summed E-state index contributed by atoms with van der Waals surface area (Å²) in [5.41, 5.74) is 1.72. The molecule has 1 N–H and O–H groups in total. The van der Waals surface area contributed by atoms with Crippen LogP contribution in [0.1, 0.15) is 37.0 Å². The van der Waals surface area contributed by atoms with Crippen LogP contribution in [-0.2, 0) is 0 Å². The fourth-order valence-electron chi connectivity index (χ4n) is 2.84. The van der Waals surface area contributed by atoms with Crippen molar-refractivity contribution in [2.75, 3.05) is 32.5 Å². The van der Waals surface area contributed by atoms with Gasteiger partial charge in [-0.05, 0) is 52.9 Å². The maximum Gasteiger partial charge on any atom is 0.256 e. The SMILES string of the molecule is CC(C)Nc1ccccc1C(=O)N1CCCC(N(C)C)C1. The molecule has 0 aromatic heterocycles. The summed E-state index contributed by atoms with van der Waals surface area (Å²) in [5.74, 6) is 0.144. The highest BCUT2D eigenvalue weighted by molar-refractivity contribution is 5.99. The molecule has 4 nitrogen and oxygen atoms in total. The van der Waals surface area contributed by atoms with Crippen LogP contribution in [-0.4, -0.2) is 55.0 Å². The molecule has 116 valence electrons. The van der Waals surface area contributed by atoms with E-state index >= 15 is 0 Å². The van der Waals surface area contributed by atoms with Crippen molar-refractivity contribution in [2.45, 2.75) is 38.8 Å². The summed E-state index contributed by atoms with van der Waals surface area (Å²) in [5, 5.41) is 3.37. The Labute approximate surface area is 128 Å². The fraction of sp³-hybridized carbons (Fsp3) is 0.588. The third kappa shape index (κ3) is 3.97. The highest BCUT2D eigenvalue weighted by Gasteiger charge is 2.26. The molecule has 0 aliphatic carbocycles. The van der Waals surface area contributed by atoms with Gasteiger partial charge in [-0.15, -0.1) is 0 Å². The molecule has 1 unspecified atom stereocenters. The minimum Gasteiger partial charge on any atom is -0.382 e. The zero-order chi connectivity index (χ0) is 15.4. The van der Waals surface area contributed by atoms with Crippen molar-refractivity contribution in [3.05, 3.63) is 29.8 Å². The number of anilines is 1. The Morgan fingerprint density at radius 3 is 2.71 bits per heavy atom. The van der Waals surface area contributed by atoms with Gasteiger partial charge in [0.2, 0.25) is 0 Å². The van der Waals surface area contributed by atoms with E-state index < -0.39 is 0 Å². The predicted molar refractivity (Wildman–Crippen MR) is 87.8 cm³/mol. The van der Waals surface area contributed by atoms with Gasteiger partial charge in [0, 0.05) is 30.9 Å². The highest BCUT2D eigenvalue weighted by Crippen LogP contribution is 2.21. The molecule has 1 saturated heterocycles. The third-order valence-corrected chi connectivity index (χ3v) is 4.02. The Balaban J connectivity index is 2.16. The topological polar surface area (TPSA) is 35.6 Å². The first-order valence-corrected chi connectivity index (χ1v) is 7.80. The molecule has 1 aromatic carbocycles. The van der Waals surface area contributed by atoms with E-state index in [1.54, 1.807) is 0 Å².